The van der Waals surface area contributed by atoms with E-state index in [1.807, 2.05) is 0 Å². The van der Waals surface area contributed by atoms with Crippen LogP contribution in [0, 0.1) is 0 Å². The lowest BCUT2D eigenvalue weighted by atomic mass is 10.0. The summed E-state index contributed by atoms with van der Waals surface area (Å²) in [5.41, 5.74) is 0. The molecule has 79 heavy (non-hydrogen) atoms. The predicted octanol–water partition coefficient (Wildman–Crippen LogP) is 24.1. The van der Waals surface area contributed by atoms with Gasteiger partial charge in [0.05, 0.1) is 0 Å². The summed E-state index contributed by atoms with van der Waals surface area (Å²) in [5, 5.41) is 0. The number of hydrogen-bond acceptors (Lipinski definition) is 6. The molecule has 0 heterocycles. The van der Waals surface area contributed by atoms with Crippen molar-refractivity contribution in [3.05, 3.63) is 48.6 Å². The minimum Gasteiger partial charge on any atom is -0.462 e. The van der Waals surface area contributed by atoms with Gasteiger partial charge in [0, 0.05) is 19.3 Å². The van der Waals surface area contributed by atoms with Gasteiger partial charge < -0.3 is 14.2 Å². The summed E-state index contributed by atoms with van der Waals surface area (Å²) in [6, 6.07) is 0. The highest BCUT2D eigenvalue weighted by Crippen LogP contribution is 2.18. The first-order valence-corrected chi connectivity index (χ1v) is 35.1. The average molecular weight is 1110 g/mol. The fourth-order valence-electron chi connectivity index (χ4n) is 10.5. The topological polar surface area (TPSA) is 78.9 Å². The fourth-order valence-corrected chi connectivity index (χ4v) is 10.5. The third-order valence-corrected chi connectivity index (χ3v) is 15.8. The molecule has 0 aliphatic carbocycles. The lowest BCUT2D eigenvalue weighted by Gasteiger charge is -2.18. The van der Waals surface area contributed by atoms with Crippen LogP contribution in [0.3, 0.4) is 0 Å². The van der Waals surface area contributed by atoms with Gasteiger partial charge in [-0.2, -0.15) is 0 Å². The van der Waals surface area contributed by atoms with Gasteiger partial charge in [-0.3, -0.25) is 14.4 Å². The second kappa shape index (κ2) is 67.9. The van der Waals surface area contributed by atoms with Crippen LogP contribution in [0.2, 0.25) is 0 Å². The van der Waals surface area contributed by atoms with E-state index in [1.54, 1.807) is 0 Å². The Balaban J connectivity index is 4.33. The predicted molar refractivity (Wildman–Crippen MR) is 344 cm³/mol. The van der Waals surface area contributed by atoms with Crippen LogP contribution in [-0.4, -0.2) is 37.2 Å². The standard InChI is InChI=1S/C73H134O6/c1-4-7-10-13-16-19-22-25-28-31-34-36-37-38-40-42-45-48-51-54-57-60-63-66-72(75)78-69-70(68-77-71(74)65-62-59-56-53-50-47-44-41-33-30-27-24-21-18-15-12-9-6-3)79-73(76)67-64-61-58-55-52-49-46-43-39-35-32-29-26-23-20-17-14-11-8-5-2/h21-22,24-25,30-31,33-34,70H,4-20,23,26-29,32,35-69H2,1-3H3/b24-21-,25-22-,33-30-,34-31-. The number of esters is 3. The number of hydrogen-bond donors (Lipinski definition) is 0. The second-order valence-corrected chi connectivity index (χ2v) is 23.8. The van der Waals surface area contributed by atoms with E-state index in [1.165, 1.54) is 263 Å². The molecule has 462 valence electrons. The molecule has 0 saturated heterocycles. The van der Waals surface area contributed by atoms with E-state index in [9.17, 15) is 14.4 Å². The zero-order valence-electron chi connectivity index (χ0n) is 53.2. The Morgan fingerprint density at radius 1 is 0.253 bits per heavy atom. The van der Waals surface area contributed by atoms with Crippen molar-refractivity contribution in [1.82, 2.24) is 0 Å². The Morgan fingerprint density at radius 3 is 0.709 bits per heavy atom. The normalized spacial score (nSPS) is 12.3. The molecular formula is C73H134O6. The van der Waals surface area contributed by atoms with Crippen molar-refractivity contribution in [3.8, 4) is 0 Å². The van der Waals surface area contributed by atoms with E-state index in [0.717, 1.165) is 77.0 Å². The van der Waals surface area contributed by atoms with E-state index in [-0.39, 0.29) is 31.1 Å². The molecule has 0 fully saturated rings. The third-order valence-electron chi connectivity index (χ3n) is 15.8. The largest absolute Gasteiger partial charge is 0.462 e. The van der Waals surface area contributed by atoms with Gasteiger partial charge in [-0.25, -0.2) is 0 Å². The van der Waals surface area contributed by atoms with Crippen LogP contribution in [-0.2, 0) is 28.6 Å². The molecule has 0 aromatic heterocycles. The van der Waals surface area contributed by atoms with Crippen molar-refractivity contribution in [3.63, 3.8) is 0 Å². The Labute approximate surface area is 492 Å². The van der Waals surface area contributed by atoms with Gasteiger partial charge in [0.25, 0.3) is 0 Å². The summed E-state index contributed by atoms with van der Waals surface area (Å²) < 4.78 is 17.0. The summed E-state index contributed by atoms with van der Waals surface area (Å²) >= 11 is 0. The fraction of sp³-hybridized carbons (Fsp3) is 0.849. The lowest BCUT2D eigenvalue weighted by Crippen LogP contribution is -2.30. The van der Waals surface area contributed by atoms with E-state index in [2.05, 4.69) is 69.4 Å². The minimum absolute atomic E-state index is 0.0726. The van der Waals surface area contributed by atoms with Gasteiger partial charge >= 0.3 is 17.9 Å². The van der Waals surface area contributed by atoms with Crippen LogP contribution in [0.5, 0.6) is 0 Å². The summed E-state index contributed by atoms with van der Waals surface area (Å²) in [6.07, 6.45) is 85.5. The van der Waals surface area contributed by atoms with Gasteiger partial charge in [0.15, 0.2) is 6.10 Å². The molecule has 0 aliphatic heterocycles. The molecule has 0 rings (SSSR count). The maximum Gasteiger partial charge on any atom is 0.306 e. The van der Waals surface area contributed by atoms with Crippen molar-refractivity contribution in [1.29, 1.82) is 0 Å². The number of allylic oxidation sites excluding steroid dienone is 8. The molecule has 0 spiro atoms. The van der Waals surface area contributed by atoms with Crippen LogP contribution < -0.4 is 0 Å². The van der Waals surface area contributed by atoms with Gasteiger partial charge in [-0.05, 0) is 83.5 Å². The summed E-state index contributed by atoms with van der Waals surface area (Å²) in [5.74, 6) is -0.855. The van der Waals surface area contributed by atoms with Crippen molar-refractivity contribution in [2.24, 2.45) is 0 Å². The van der Waals surface area contributed by atoms with Crippen LogP contribution in [0.1, 0.15) is 380 Å². The molecule has 0 saturated carbocycles. The Bertz CT molecular complexity index is 1360. The number of unbranched alkanes of at least 4 members (excludes halogenated alkanes) is 46. The third kappa shape index (κ3) is 66.1. The van der Waals surface area contributed by atoms with Crippen LogP contribution in [0.15, 0.2) is 48.6 Å². The number of rotatable bonds is 65. The molecule has 6 nitrogen and oxygen atoms in total. The summed E-state index contributed by atoms with van der Waals surface area (Å²) in [7, 11) is 0. The zero-order chi connectivity index (χ0) is 57.1. The highest BCUT2D eigenvalue weighted by Gasteiger charge is 2.19. The molecule has 0 bridgehead atoms. The van der Waals surface area contributed by atoms with Crippen molar-refractivity contribution in [2.45, 2.75) is 386 Å². The van der Waals surface area contributed by atoms with E-state index < -0.39 is 6.10 Å². The maximum atomic E-state index is 13.0. The second-order valence-electron chi connectivity index (χ2n) is 23.8. The van der Waals surface area contributed by atoms with Crippen LogP contribution in [0.25, 0.3) is 0 Å². The first-order chi connectivity index (χ1) is 39.0. The molecule has 0 radical (unpaired) electrons. The molecule has 0 amide bonds. The molecular weight excluding hydrogens is 973 g/mol. The zero-order valence-corrected chi connectivity index (χ0v) is 53.2. The Morgan fingerprint density at radius 2 is 0.456 bits per heavy atom. The maximum absolute atomic E-state index is 13.0. The van der Waals surface area contributed by atoms with Gasteiger partial charge in [0.1, 0.15) is 13.2 Å². The highest BCUT2D eigenvalue weighted by atomic mass is 16.6. The van der Waals surface area contributed by atoms with Gasteiger partial charge in [-0.1, -0.05) is 326 Å². The summed E-state index contributed by atoms with van der Waals surface area (Å²) in [6.45, 7) is 6.68. The van der Waals surface area contributed by atoms with Crippen molar-refractivity contribution < 1.29 is 28.6 Å². The van der Waals surface area contributed by atoms with Crippen LogP contribution in [0.4, 0.5) is 0 Å². The smallest absolute Gasteiger partial charge is 0.306 e. The average Bonchev–Trinajstić information content (AvgIpc) is 3.45. The molecule has 0 aromatic rings. The van der Waals surface area contributed by atoms with Crippen molar-refractivity contribution >= 4 is 17.9 Å². The van der Waals surface area contributed by atoms with Gasteiger partial charge in [0.2, 0.25) is 0 Å². The number of carbonyl (C=O) groups excluding carboxylic acids is 3. The molecule has 1 atom stereocenters. The van der Waals surface area contributed by atoms with E-state index in [0.29, 0.717) is 19.3 Å². The monoisotopic (exact) mass is 1110 g/mol. The molecule has 0 aliphatic rings. The number of carbonyl (C=O) groups is 3. The first kappa shape index (κ1) is 76.4. The number of ether oxygens (including phenoxy) is 3. The Hall–Kier alpha value is -2.63. The first-order valence-electron chi connectivity index (χ1n) is 35.1. The molecule has 1 unspecified atom stereocenters. The summed E-state index contributed by atoms with van der Waals surface area (Å²) in [4.78, 5) is 38.5. The quantitative estimate of drug-likeness (QED) is 0.0261. The van der Waals surface area contributed by atoms with Crippen molar-refractivity contribution in [2.75, 3.05) is 13.2 Å². The highest BCUT2D eigenvalue weighted by molar-refractivity contribution is 5.71. The lowest BCUT2D eigenvalue weighted by molar-refractivity contribution is -0.167. The molecule has 0 aromatic carbocycles. The SMILES string of the molecule is CCCCCC/C=C\C/C=C\CCCCCCCCCC(=O)OCC(COC(=O)CCCCCCCCCCCCC/C=C\C/C=C\CCCCCCC)OC(=O)CCCCCCCCCCCCCCCCCCCCCC. The van der Waals surface area contributed by atoms with Crippen LogP contribution >= 0.6 is 0 Å². The van der Waals surface area contributed by atoms with E-state index in [4.69, 9.17) is 14.2 Å². The Kier molecular flexibility index (Phi) is 65.6. The molecule has 0 N–H and O–H groups in total. The minimum atomic E-state index is -0.777. The van der Waals surface area contributed by atoms with Gasteiger partial charge in [-0.15, -0.1) is 0 Å². The molecule has 6 heteroatoms. The van der Waals surface area contributed by atoms with E-state index >= 15 is 0 Å².